The van der Waals surface area contributed by atoms with E-state index in [2.05, 4.69) is 10.3 Å². The first kappa shape index (κ1) is 21.7. The van der Waals surface area contributed by atoms with E-state index in [1.807, 2.05) is 0 Å². The molecule has 0 unspecified atom stereocenters. The van der Waals surface area contributed by atoms with Gasteiger partial charge in [0.1, 0.15) is 5.69 Å². The van der Waals surface area contributed by atoms with Crippen molar-refractivity contribution < 1.29 is 23.9 Å². The van der Waals surface area contributed by atoms with Crippen molar-refractivity contribution in [1.29, 1.82) is 0 Å². The number of ether oxygens (including phenoxy) is 2. The maximum absolute atomic E-state index is 12.6. The van der Waals surface area contributed by atoms with Gasteiger partial charge in [0.05, 0.1) is 18.2 Å². The zero-order valence-corrected chi connectivity index (χ0v) is 16.4. The molecule has 0 spiro atoms. The van der Waals surface area contributed by atoms with Gasteiger partial charge < -0.3 is 24.7 Å². The summed E-state index contributed by atoms with van der Waals surface area (Å²) in [6.07, 6.45) is 0.454. The molecule has 0 saturated carbocycles. The van der Waals surface area contributed by atoms with Gasteiger partial charge in [0.2, 0.25) is 5.91 Å². The molecule has 0 aliphatic carbocycles. The van der Waals surface area contributed by atoms with Gasteiger partial charge in [-0.2, -0.15) is 0 Å². The van der Waals surface area contributed by atoms with Crippen molar-refractivity contribution in [1.82, 2.24) is 15.2 Å². The standard InChI is InChI=1S/C18H29N3O5/c1-11(2)26-18(24)15-12(3)16(20-13(15)4)17(23)21(5)10-14(22)19-8-7-9-25-6/h11,20H,7-10H2,1-6H3,(H,19,22). The third-order valence-corrected chi connectivity index (χ3v) is 3.77. The van der Waals surface area contributed by atoms with Crippen LogP contribution in [0.15, 0.2) is 0 Å². The lowest BCUT2D eigenvalue weighted by Gasteiger charge is -2.16. The van der Waals surface area contributed by atoms with Crippen LogP contribution in [0.4, 0.5) is 0 Å². The Morgan fingerprint density at radius 1 is 1.23 bits per heavy atom. The fourth-order valence-electron chi connectivity index (χ4n) is 2.52. The first-order chi connectivity index (χ1) is 12.2. The number of carbonyl (C=O) groups is 3. The molecule has 0 aliphatic rings. The minimum absolute atomic E-state index is 0.0743. The first-order valence-electron chi connectivity index (χ1n) is 8.60. The lowest BCUT2D eigenvalue weighted by atomic mass is 10.1. The van der Waals surface area contributed by atoms with E-state index >= 15 is 0 Å². The number of aryl methyl sites for hydroxylation is 1. The Hall–Kier alpha value is -2.35. The summed E-state index contributed by atoms with van der Waals surface area (Å²) < 4.78 is 10.1. The Morgan fingerprint density at radius 2 is 1.88 bits per heavy atom. The number of nitrogens with one attached hydrogen (secondary N) is 2. The number of rotatable bonds is 9. The Morgan fingerprint density at radius 3 is 2.46 bits per heavy atom. The van der Waals surface area contributed by atoms with Gasteiger partial charge in [0, 0.05) is 33.0 Å². The van der Waals surface area contributed by atoms with E-state index in [4.69, 9.17) is 9.47 Å². The molecular formula is C18H29N3O5. The second-order valence-corrected chi connectivity index (χ2v) is 6.44. The monoisotopic (exact) mass is 367 g/mol. The SMILES string of the molecule is COCCCNC(=O)CN(C)C(=O)c1[nH]c(C)c(C(=O)OC(C)C)c1C. The van der Waals surface area contributed by atoms with Crippen molar-refractivity contribution in [2.75, 3.05) is 33.9 Å². The van der Waals surface area contributed by atoms with Crippen molar-refractivity contribution in [2.24, 2.45) is 0 Å². The summed E-state index contributed by atoms with van der Waals surface area (Å²) in [4.78, 5) is 41.0. The van der Waals surface area contributed by atoms with Crippen LogP contribution in [0.1, 0.15) is 52.4 Å². The summed E-state index contributed by atoms with van der Waals surface area (Å²) in [6.45, 7) is 7.90. The molecule has 1 aromatic heterocycles. The predicted octanol–water partition coefficient (Wildman–Crippen LogP) is 1.42. The molecule has 0 saturated heterocycles. The van der Waals surface area contributed by atoms with Crippen LogP contribution in [0.25, 0.3) is 0 Å². The first-order valence-corrected chi connectivity index (χ1v) is 8.60. The number of hydrogen-bond donors (Lipinski definition) is 2. The molecule has 0 fully saturated rings. The van der Waals surface area contributed by atoms with Crippen LogP contribution in [-0.4, -0.2) is 67.6 Å². The van der Waals surface area contributed by atoms with Gasteiger partial charge in [0.15, 0.2) is 0 Å². The molecule has 0 radical (unpaired) electrons. The van der Waals surface area contributed by atoms with E-state index < -0.39 is 5.97 Å². The van der Waals surface area contributed by atoms with Gasteiger partial charge in [-0.15, -0.1) is 0 Å². The van der Waals surface area contributed by atoms with Crippen molar-refractivity contribution in [3.63, 3.8) is 0 Å². The molecule has 8 nitrogen and oxygen atoms in total. The molecule has 1 rings (SSSR count). The van der Waals surface area contributed by atoms with Crippen LogP contribution in [0.5, 0.6) is 0 Å². The third kappa shape index (κ3) is 5.87. The molecule has 2 N–H and O–H groups in total. The van der Waals surface area contributed by atoms with Crippen molar-refractivity contribution >= 4 is 17.8 Å². The number of nitrogens with zero attached hydrogens (tertiary/aromatic N) is 1. The average molecular weight is 367 g/mol. The minimum Gasteiger partial charge on any atom is -0.459 e. The number of hydrogen-bond acceptors (Lipinski definition) is 5. The van der Waals surface area contributed by atoms with Crippen molar-refractivity contribution in [3.05, 3.63) is 22.5 Å². The molecule has 0 atom stereocenters. The molecule has 0 aromatic carbocycles. The zero-order valence-electron chi connectivity index (χ0n) is 16.4. The number of aromatic amines is 1. The van der Waals surface area contributed by atoms with E-state index in [1.54, 1.807) is 41.9 Å². The van der Waals surface area contributed by atoms with Crippen molar-refractivity contribution in [2.45, 2.75) is 40.2 Å². The number of H-pyrrole nitrogens is 1. The van der Waals surface area contributed by atoms with Gasteiger partial charge >= 0.3 is 5.97 Å². The van der Waals surface area contributed by atoms with E-state index in [9.17, 15) is 14.4 Å². The predicted molar refractivity (Wildman–Crippen MR) is 97.3 cm³/mol. The number of amides is 2. The van der Waals surface area contributed by atoms with Crippen molar-refractivity contribution in [3.8, 4) is 0 Å². The normalized spacial score (nSPS) is 10.7. The van der Waals surface area contributed by atoms with Crippen LogP contribution in [-0.2, 0) is 14.3 Å². The molecule has 8 heteroatoms. The second kappa shape index (κ2) is 9.96. The number of aromatic nitrogens is 1. The largest absolute Gasteiger partial charge is 0.459 e. The smallest absolute Gasteiger partial charge is 0.340 e. The van der Waals surface area contributed by atoms with E-state index in [-0.39, 0.29) is 30.2 Å². The van der Waals surface area contributed by atoms with E-state index in [0.717, 1.165) is 0 Å². The topological polar surface area (TPSA) is 101 Å². The third-order valence-electron chi connectivity index (χ3n) is 3.77. The molecule has 1 aromatic rings. The Bertz CT molecular complexity index is 651. The molecule has 26 heavy (non-hydrogen) atoms. The number of esters is 1. The molecular weight excluding hydrogens is 338 g/mol. The maximum atomic E-state index is 12.6. The lowest BCUT2D eigenvalue weighted by Crippen LogP contribution is -2.39. The van der Waals surface area contributed by atoms with E-state index in [1.165, 1.54) is 4.90 Å². The minimum atomic E-state index is -0.469. The molecule has 146 valence electrons. The molecule has 1 heterocycles. The summed E-state index contributed by atoms with van der Waals surface area (Å²) in [5.74, 6) is -1.08. The highest BCUT2D eigenvalue weighted by Gasteiger charge is 2.25. The summed E-state index contributed by atoms with van der Waals surface area (Å²) in [5.41, 5.74) is 1.73. The van der Waals surface area contributed by atoms with Crippen LogP contribution in [0, 0.1) is 13.8 Å². The highest BCUT2D eigenvalue weighted by molar-refractivity contribution is 6.01. The van der Waals surface area contributed by atoms with Gasteiger partial charge in [-0.05, 0) is 39.7 Å². The van der Waals surface area contributed by atoms with Crippen LogP contribution in [0.2, 0.25) is 0 Å². The Kier molecular flexibility index (Phi) is 8.31. The van der Waals surface area contributed by atoms with Crippen LogP contribution in [0.3, 0.4) is 0 Å². The lowest BCUT2D eigenvalue weighted by molar-refractivity contribution is -0.121. The van der Waals surface area contributed by atoms with Gasteiger partial charge in [-0.25, -0.2) is 4.79 Å². The fourth-order valence-corrected chi connectivity index (χ4v) is 2.52. The summed E-state index contributed by atoms with van der Waals surface area (Å²) in [5, 5.41) is 2.73. The maximum Gasteiger partial charge on any atom is 0.340 e. The zero-order chi connectivity index (χ0) is 19.9. The summed E-state index contributed by atoms with van der Waals surface area (Å²) in [6, 6.07) is 0. The fraction of sp³-hybridized carbons (Fsp3) is 0.611. The van der Waals surface area contributed by atoms with Crippen LogP contribution < -0.4 is 5.32 Å². The Labute approximate surface area is 154 Å². The van der Waals surface area contributed by atoms with E-state index in [0.29, 0.717) is 36.4 Å². The average Bonchev–Trinajstić information content (AvgIpc) is 2.84. The highest BCUT2D eigenvalue weighted by Crippen LogP contribution is 2.20. The molecule has 0 aliphatic heterocycles. The van der Waals surface area contributed by atoms with Crippen LogP contribution >= 0.6 is 0 Å². The number of methoxy groups -OCH3 is 1. The second-order valence-electron chi connectivity index (χ2n) is 6.44. The summed E-state index contributed by atoms with van der Waals surface area (Å²) in [7, 11) is 3.14. The van der Waals surface area contributed by atoms with Gasteiger partial charge in [0.25, 0.3) is 5.91 Å². The molecule has 2 amide bonds. The number of likely N-dealkylation sites (N-methyl/N-ethyl adjacent to an activating group) is 1. The summed E-state index contributed by atoms with van der Waals surface area (Å²) >= 11 is 0. The van der Waals surface area contributed by atoms with Gasteiger partial charge in [-0.1, -0.05) is 0 Å². The Balaban J connectivity index is 2.77. The number of carbonyl (C=O) groups excluding carboxylic acids is 3. The molecule has 0 bridgehead atoms. The highest BCUT2D eigenvalue weighted by atomic mass is 16.5. The van der Waals surface area contributed by atoms with Gasteiger partial charge in [-0.3, -0.25) is 9.59 Å². The quantitative estimate of drug-likeness (QED) is 0.508.